The van der Waals surface area contributed by atoms with Gasteiger partial charge in [0.05, 0.1) is 30.8 Å². The van der Waals surface area contributed by atoms with E-state index in [1.54, 1.807) is 19.2 Å². The minimum Gasteiger partial charge on any atom is -0.497 e. The normalized spacial score (nSPS) is 17.0. The summed E-state index contributed by atoms with van der Waals surface area (Å²) in [5, 5.41) is 6.47. The van der Waals surface area contributed by atoms with Gasteiger partial charge >= 0.3 is 6.18 Å². The summed E-state index contributed by atoms with van der Waals surface area (Å²) in [5.41, 5.74) is -0.305. The second kappa shape index (κ2) is 9.62. The van der Waals surface area contributed by atoms with Gasteiger partial charge in [0, 0.05) is 12.1 Å². The molecule has 7 nitrogen and oxygen atoms in total. The van der Waals surface area contributed by atoms with Gasteiger partial charge in [-0.2, -0.15) is 18.2 Å². The van der Waals surface area contributed by atoms with Gasteiger partial charge in [-0.15, -0.1) is 0 Å². The number of halogens is 3. The number of carbonyl (C=O) groups excluding carboxylic acids is 1. The lowest BCUT2D eigenvalue weighted by molar-refractivity contribution is -0.137. The Labute approximate surface area is 188 Å². The van der Waals surface area contributed by atoms with Gasteiger partial charge in [0.1, 0.15) is 5.75 Å². The Hall–Kier alpha value is -3.40. The highest BCUT2D eigenvalue weighted by molar-refractivity contribution is 5.93. The van der Waals surface area contributed by atoms with Crippen LogP contribution in [-0.2, 0) is 17.5 Å². The average molecular weight is 460 g/mol. The molecule has 1 fully saturated rings. The molecule has 2 aromatic carbocycles. The molecule has 2 heterocycles. The number of hydrogen-bond donors (Lipinski definition) is 1. The molecule has 1 aromatic heterocycles. The summed E-state index contributed by atoms with van der Waals surface area (Å²) < 4.78 is 50.2. The molecule has 0 spiro atoms. The number of carbonyl (C=O) groups is 1. The Kier molecular flexibility index (Phi) is 6.64. The van der Waals surface area contributed by atoms with Crippen LogP contribution >= 0.6 is 0 Å². The lowest BCUT2D eigenvalue weighted by Gasteiger charge is -2.31. The fourth-order valence-electron chi connectivity index (χ4n) is 3.85. The van der Waals surface area contributed by atoms with Crippen molar-refractivity contribution in [3.63, 3.8) is 0 Å². The molecular formula is C23H23F3N4O3. The van der Waals surface area contributed by atoms with Crippen molar-refractivity contribution in [1.29, 1.82) is 0 Å². The predicted molar refractivity (Wildman–Crippen MR) is 114 cm³/mol. The smallest absolute Gasteiger partial charge is 0.418 e. The van der Waals surface area contributed by atoms with Crippen molar-refractivity contribution >= 4 is 11.6 Å². The van der Waals surface area contributed by atoms with E-state index in [2.05, 4.69) is 15.5 Å². The van der Waals surface area contributed by atoms with Gasteiger partial charge in [-0.3, -0.25) is 9.69 Å². The molecule has 4 rings (SSSR count). The maximum absolute atomic E-state index is 13.2. The first-order chi connectivity index (χ1) is 15.8. The standard InChI is InChI=1S/C23H23F3N4O3/c1-32-17-10-8-15(9-11-17)21-28-20(33-29-21)14-30-12-4-5-16(13-30)22(31)27-19-7-3-2-6-18(19)23(24,25)26/h2-3,6-11,16H,4-5,12-14H2,1H3,(H,27,31). The number of anilines is 1. The van der Waals surface area contributed by atoms with E-state index in [0.29, 0.717) is 31.2 Å². The van der Waals surface area contributed by atoms with E-state index in [-0.39, 0.29) is 5.69 Å². The second-order valence-corrected chi connectivity index (χ2v) is 7.85. The number of ether oxygens (including phenoxy) is 1. The molecule has 33 heavy (non-hydrogen) atoms. The minimum atomic E-state index is -4.54. The molecule has 0 saturated carbocycles. The van der Waals surface area contributed by atoms with Crippen LogP contribution in [0.25, 0.3) is 11.4 Å². The number of hydrogen-bond acceptors (Lipinski definition) is 6. The number of piperidine rings is 1. The molecule has 1 aliphatic rings. The molecule has 1 unspecified atom stereocenters. The molecule has 1 atom stereocenters. The molecule has 1 N–H and O–H groups in total. The number of methoxy groups -OCH3 is 1. The molecule has 1 aliphatic heterocycles. The Bertz CT molecular complexity index is 1100. The molecule has 1 amide bonds. The second-order valence-electron chi connectivity index (χ2n) is 7.85. The lowest BCUT2D eigenvalue weighted by atomic mass is 9.97. The van der Waals surface area contributed by atoms with E-state index in [9.17, 15) is 18.0 Å². The van der Waals surface area contributed by atoms with Crippen LogP contribution < -0.4 is 10.1 Å². The minimum absolute atomic E-state index is 0.229. The van der Waals surface area contributed by atoms with E-state index in [1.807, 2.05) is 17.0 Å². The number of amides is 1. The van der Waals surface area contributed by atoms with Crippen LogP contribution in [0.3, 0.4) is 0 Å². The number of aromatic nitrogens is 2. The summed E-state index contributed by atoms with van der Waals surface area (Å²) in [7, 11) is 1.59. The van der Waals surface area contributed by atoms with Gasteiger partial charge in [0.25, 0.3) is 0 Å². The Morgan fingerprint density at radius 1 is 1.21 bits per heavy atom. The van der Waals surface area contributed by atoms with E-state index in [0.717, 1.165) is 30.3 Å². The van der Waals surface area contributed by atoms with Crippen molar-refractivity contribution in [1.82, 2.24) is 15.0 Å². The van der Waals surface area contributed by atoms with Gasteiger partial charge in [-0.1, -0.05) is 17.3 Å². The van der Waals surface area contributed by atoms with Crippen LogP contribution in [0.1, 0.15) is 24.3 Å². The van der Waals surface area contributed by atoms with Crippen LogP contribution in [-0.4, -0.2) is 41.1 Å². The van der Waals surface area contributed by atoms with Gasteiger partial charge < -0.3 is 14.6 Å². The van der Waals surface area contributed by atoms with E-state index in [1.165, 1.54) is 18.2 Å². The highest BCUT2D eigenvalue weighted by Crippen LogP contribution is 2.35. The molecule has 3 aromatic rings. The number of rotatable bonds is 6. The first-order valence-corrected chi connectivity index (χ1v) is 10.5. The summed E-state index contributed by atoms with van der Waals surface area (Å²) in [6.45, 7) is 1.47. The number of nitrogens with zero attached hydrogens (tertiary/aromatic N) is 3. The SMILES string of the molecule is COc1ccc(-c2noc(CN3CCCC(C(=O)Nc4ccccc4C(F)(F)F)C3)n2)cc1. The quantitative estimate of drug-likeness (QED) is 0.579. The van der Waals surface area contributed by atoms with Crippen molar-refractivity contribution in [2.24, 2.45) is 5.92 Å². The van der Waals surface area contributed by atoms with Crippen molar-refractivity contribution in [3.05, 3.63) is 60.0 Å². The molecule has 0 radical (unpaired) electrons. The third-order valence-electron chi connectivity index (χ3n) is 5.54. The maximum Gasteiger partial charge on any atom is 0.418 e. The largest absolute Gasteiger partial charge is 0.497 e. The zero-order valence-electron chi connectivity index (χ0n) is 17.9. The van der Waals surface area contributed by atoms with Crippen LogP contribution in [0, 0.1) is 5.92 Å². The van der Waals surface area contributed by atoms with Gasteiger partial charge in [0.15, 0.2) is 0 Å². The third-order valence-corrected chi connectivity index (χ3v) is 5.54. The monoisotopic (exact) mass is 460 g/mol. The fourth-order valence-corrected chi connectivity index (χ4v) is 3.85. The molecular weight excluding hydrogens is 437 g/mol. The first kappa shape index (κ1) is 22.8. The van der Waals surface area contributed by atoms with E-state index in [4.69, 9.17) is 9.26 Å². The molecule has 174 valence electrons. The third kappa shape index (κ3) is 5.51. The van der Waals surface area contributed by atoms with Gasteiger partial charge in [-0.25, -0.2) is 0 Å². The number of para-hydroxylation sites is 1. The van der Waals surface area contributed by atoms with Crippen LogP contribution in [0.4, 0.5) is 18.9 Å². The topological polar surface area (TPSA) is 80.5 Å². The van der Waals surface area contributed by atoms with Crippen LogP contribution in [0.5, 0.6) is 5.75 Å². The predicted octanol–water partition coefficient (Wildman–Crippen LogP) is 4.61. The summed E-state index contributed by atoms with van der Waals surface area (Å²) in [4.78, 5) is 19.1. The number of alkyl halides is 3. The van der Waals surface area contributed by atoms with E-state index < -0.39 is 23.6 Å². The molecule has 10 heteroatoms. The van der Waals surface area contributed by atoms with Crippen LogP contribution in [0.2, 0.25) is 0 Å². The highest BCUT2D eigenvalue weighted by atomic mass is 19.4. The van der Waals surface area contributed by atoms with Crippen molar-refractivity contribution in [3.8, 4) is 17.1 Å². The summed E-state index contributed by atoms with van der Waals surface area (Å²) in [6.07, 6.45) is -3.21. The number of nitrogens with one attached hydrogen (secondary N) is 1. The first-order valence-electron chi connectivity index (χ1n) is 10.5. The Balaban J connectivity index is 1.38. The van der Waals surface area contributed by atoms with Crippen molar-refractivity contribution in [2.45, 2.75) is 25.6 Å². The maximum atomic E-state index is 13.2. The fraction of sp³-hybridized carbons (Fsp3) is 0.348. The van der Waals surface area contributed by atoms with Gasteiger partial charge in [0.2, 0.25) is 17.6 Å². The molecule has 1 saturated heterocycles. The average Bonchev–Trinajstić information content (AvgIpc) is 3.27. The van der Waals surface area contributed by atoms with Gasteiger partial charge in [-0.05, 0) is 55.8 Å². The number of benzene rings is 2. The van der Waals surface area contributed by atoms with Crippen molar-refractivity contribution < 1.29 is 27.2 Å². The zero-order chi connectivity index (χ0) is 23.4. The van der Waals surface area contributed by atoms with Crippen LogP contribution in [0.15, 0.2) is 53.1 Å². The molecule has 0 bridgehead atoms. The Morgan fingerprint density at radius 3 is 2.70 bits per heavy atom. The summed E-state index contributed by atoms with van der Waals surface area (Å²) in [5.74, 6) is 0.704. The van der Waals surface area contributed by atoms with Crippen molar-refractivity contribution in [2.75, 3.05) is 25.5 Å². The van der Waals surface area contributed by atoms with E-state index >= 15 is 0 Å². The summed E-state index contributed by atoms with van der Waals surface area (Å²) in [6, 6.07) is 12.2. The zero-order valence-corrected chi connectivity index (χ0v) is 17.9. The Morgan fingerprint density at radius 2 is 1.97 bits per heavy atom. The summed E-state index contributed by atoms with van der Waals surface area (Å²) >= 11 is 0. The number of likely N-dealkylation sites (tertiary alicyclic amines) is 1. The molecule has 0 aliphatic carbocycles. The lowest BCUT2D eigenvalue weighted by Crippen LogP contribution is -2.40. The highest BCUT2D eigenvalue weighted by Gasteiger charge is 2.34.